The fourth-order valence-electron chi connectivity index (χ4n) is 2.34. The van der Waals surface area contributed by atoms with Gasteiger partial charge in [-0.25, -0.2) is 0 Å². The van der Waals surface area contributed by atoms with E-state index in [4.69, 9.17) is 5.10 Å². The predicted octanol–water partition coefficient (Wildman–Crippen LogP) is 3.95. The molecule has 0 bridgehead atoms. The van der Waals surface area contributed by atoms with E-state index >= 15 is 0 Å². The molecule has 0 aliphatic heterocycles. The molecule has 0 fully saturated rings. The minimum Gasteiger partial charge on any atom is -0.311 e. The van der Waals surface area contributed by atoms with Crippen molar-refractivity contribution in [3.8, 4) is 0 Å². The van der Waals surface area contributed by atoms with Crippen molar-refractivity contribution in [1.29, 1.82) is 0 Å². The predicted molar refractivity (Wildman–Crippen MR) is 82.5 cm³/mol. The monoisotopic (exact) mass is 265 g/mol. The molecule has 3 heteroatoms. The van der Waals surface area contributed by atoms with Crippen molar-refractivity contribution in [2.75, 3.05) is 0 Å². The molecule has 1 aromatic heterocycles. The van der Waals surface area contributed by atoms with E-state index in [0.29, 0.717) is 18.1 Å². The summed E-state index contributed by atoms with van der Waals surface area (Å²) >= 11 is 0. The normalized spacial score (nSPS) is 14.8. The standard InChI is InChI=1S/C16H31N3/c1-6-8-9-15(17-13(3)4)12-16-10-11-19(18-16)14(5)7-2/h10-11,13-15,17H,6-9,12H2,1-5H3. The fraction of sp³-hybridized carbons (Fsp3) is 0.812. The summed E-state index contributed by atoms with van der Waals surface area (Å²) in [5.74, 6) is 0. The van der Waals surface area contributed by atoms with Gasteiger partial charge >= 0.3 is 0 Å². The van der Waals surface area contributed by atoms with Crippen molar-refractivity contribution >= 4 is 0 Å². The third kappa shape index (κ3) is 5.77. The molecule has 19 heavy (non-hydrogen) atoms. The second-order valence-corrected chi connectivity index (χ2v) is 5.91. The van der Waals surface area contributed by atoms with Crippen LogP contribution in [0.3, 0.4) is 0 Å². The van der Waals surface area contributed by atoms with Crippen molar-refractivity contribution in [3.05, 3.63) is 18.0 Å². The van der Waals surface area contributed by atoms with Crippen LogP contribution in [0.2, 0.25) is 0 Å². The molecule has 0 radical (unpaired) electrons. The zero-order valence-electron chi connectivity index (χ0n) is 13.3. The van der Waals surface area contributed by atoms with Gasteiger partial charge in [-0.15, -0.1) is 0 Å². The van der Waals surface area contributed by atoms with Gasteiger partial charge in [0.15, 0.2) is 0 Å². The lowest BCUT2D eigenvalue weighted by atomic mass is 10.0. The zero-order chi connectivity index (χ0) is 14.3. The van der Waals surface area contributed by atoms with Gasteiger partial charge in [0.1, 0.15) is 0 Å². The van der Waals surface area contributed by atoms with Gasteiger partial charge in [0.05, 0.1) is 5.69 Å². The second-order valence-electron chi connectivity index (χ2n) is 5.91. The van der Waals surface area contributed by atoms with Crippen LogP contribution in [-0.2, 0) is 6.42 Å². The summed E-state index contributed by atoms with van der Waals surface area (Å²) in [6.45, 7) is 11.1. The summed E-state index contributed by atoms with van der Waals surface area (Å²) in [5.41, 5.74) is 1.22. The van der Waals surface area contributed by atoms with E-state index in [1.807, 2.05) is 0 Å². The van der Waals surface area contributed by atoms with Gasteiger partial charge in [-0.2, -0.15) is 5.10 Å². The highest BCUT2D eigenvalue weighted by Gasteiger charge is 2.13. The Balaban J connectivity index is 2.59. The molecule has 3 nitrogen and oxygen atoms in total. The van der Waals surface area contributed by atoms with Crippen LogP contribution < -0.4 is 5.32 Å². The molecule has 0 saturated carbocycles. The molecule has 0 spiro atoms. The lowest BCUT2D eigenvalue weighted by Crippen LogP contribution is -2.36. The molecule has 0 aromatic carbocycles. The molecule has 0 amide bonds. The maximum atomic E-state index is 4.71. The third-order valence-electron chi connectivity index (χ3n) is 3.64. The molecule has 2 atom stereocenters. The molecule has 1 aromatic rings. The quantitative estimate of drug-likeness (QED) is 0.732. The van der Waals surface area contributed by atoms with Crippen molar-refractivity contribution in [1.82, 2.24) is 15.1 Å². The van der Waals surface area contributed by atoms with Crippen molar-refractivity contribution in [2.24, 2.45) is 0 Å². The third-order valence-corrected chi connectivity index (χ3v) is 3.64. The van der Waals surface area contributed by atoms with Crippen LogP contribution in [0.25, 0.3) is 0 Å². The average molecular weight is 265 g/mol. The first-order chi connectivity index (χ1) is 9.06. The fourth-order valence-corrected chi connectivity index (χ4v) is 2.34. The van der Waals surface area contributed by atoms with Crippen LogP contribution in [0.4, 0.5) is 0 Å². The Hall–Kier alpha value is -0.830. The first kappa shape index (κ1) is 16.2. The van der Waals surface area contributed by atoms with E-state index in [1.54, 1.807) is 0 Å². The maximum absolute atomic E-state index is 4.71. The number of unbranched alkanes of at least 4 members (excludes halogenated alkanes) is 1. The minimum absolute atomic E-state index is 0.501. The van der Waals surface area contributed by atoms with Gasteiger partial charge in [0.25, 0.3) is 0 Å². The Morgan fingerprint density at radius 1 is 1.26 bits per heavy atom. The first-order valence-corrected chi connectivity index (χ1v) is 7.86. The Kier molecular flexibility index (Phi) is 7.14. The molecular formula is C16H31N3. The zero-order valence-corrected chi connectivity index (χ0v) is 13.3. The average Bonchev–Trinajstić information content (AvgIpc) is 2.82. The van der Waals surface area contributed by atoms with E-state index in [1.165, 1.54) is 25.0 Å². The van der Waals surface area contributed by atoms with Crippen molar-refractivity contribution < 1.29 is 0 Å². The summed E-state index contributed by atoms with van der Waals surface area (Å²) in [5, 5.41) is 8.38. The highest BCUT2D eigenvalue weighted by Crippen LogP contribution is 2.12. The van der Waals surface area contributed by atoms with E-state index in [2.05, 4.69) is 56.9 Å². The van der Waals surface area contributed by atoms with E-state index in [-0.39, 0.29) is 0 Å². The Morgan fingerprint density at radius 2 is 2.00 bits per heavy atom. The molecule has 0 saturated heterocycles. The van der Waals surface area contributed by atoms with Gasteiger partial charge in [-0.1, -0.05) is 40.5 Å². The molecule has 1 rings (SSSR count). The van der Waals surface area contributed by atoms with Gasteiger partial charge in [-0.3, -0.25) is 4.68 Å². The summed E-state index contributed by atoms with van der Waals surface area (Å²) < 4.78 is 2.10. The summed E-state index contributed by atoms with van der Waals surface area (Å²) in [4.78, 5) is 0. The van der Waals surface area contributed by atoms with Gasteiger partial charge in [0.2, 0.25) is 0 Å². The van der Waals surface area contributed by atoms with Crippen LogP contribution in [0.1, 0.15) is 72.0 Å². The lowest BCUT2D eigenvalue weighted by Gasteiger charge is -2.20. The molecule has 2 unspecified atom stereocenters. The SMILES string of the molecule is CCCCC(Cc1ccn(C(C)CC)n1)NC(C)C. The highest BCUT2D eigenvalue weighted by molar-refractivity contribution is 5.02. The number of nitrogens with one attached hydrogen (secondary N) is 1. The van der Waals surface area contributed by atoms with E-state index in [9.17, 15) is 0 Å². The van der Waals surface area contributed by atoms with Crippen LogP contribution in [0.15, 0.2) is 12.3 Å². The first-order valence-electron chi connectivity index (χ1n) is 7.86. The maximum Gasteiger partial charge on any atom is 0.0640 e. The van der Waals surface area contributed by atoms with E-state index < -0.39 is 0 Å². The summed E-state index contributed by atoms with van der Waals surface area (Å²) in [7, 11) is 0. The Labute approximate surface area is 118 Å². The molecule has 0 aliphatic carbocycles. The molecule has 110 valence electrons. The molecule has 0 aliphatic rings. The molecule has 1 heterocycles. The number of hydrogen-bond acceptors (Lipinski definition) is 2. The Bertz CT molecular complexity index is 344. The number of nitrogens with zero attached hydrogens (tertiary/aromatic N) is 2. The van der Waals surface area contributed by atoms with Crippen LogP contribution in [0.5, 0.6) is 0 Å². The van der Waals surface area contributed by atoms with Crippen LogP contribution >= 0.6 is 0 Å². The smallest absolute Gasteiger partial charge is 0.0640 e. The topological polar surface area (TPSA) is 29.9 Å². The van der Waals surface area contributed by atoms with Gasteiger partial charge in [0, 0.05) is 30.7 Å². The number of rotatable bonds is 9. The largest absolute Gasteiger partial charge is 0.311 e. The Morgan fingerprint density at radius 3 is 2.58 bits per heavy atom. The van der Waals surface area contributed by atoms with Gasteiger partial charge in [-0.05, 0) is 25.8 Å². The van der Waals surface area contributed by atoms with Crippen LogP contribution in [0, 0.1) is 0 Å². The molecular weight excluding hydrogens is 234 g/mol. The van der Waals surface area contributed by atoms with Crippen molar-refractivity contribution in [3.63, 3.8) is 0 Å². The highest BCUT2D eigenvalue weighted by atomic mass is 15.3. The van der Waals surface area contributed by atoms with Gasteiger partial charge < -0.3 is 5.32 Å². The molecule has 1 N–H and O–H groups in total. The summed E-state index contributed by atoms with van der Waals surface area (Å²) in [6, 6.07) is 3.77. The van der Waals surface area contributed by atoms with E-state index in [0.717, 1.165) is 12.8 Å². The summed E-state index contributed by atoms with van der Waals surface area (Å²) in [6.07, 6.45) is 8.08. The van der Waals surface area contributed by atoms with Crippen molar-refractivity contribution in [2.45, 2.75) is 84.8 Å². The second kappa shape index (κ2) is 8.36. The lowest BCUT2D eigenvalue weighted by molar-refractivity contribution is 0.416. The number of hydrogen-bond donors (Lipinski definition) is 1. The van der Waals surface area contributed by atoms with Crippen LogP contribution in [-0.4, -0.2) is 21.9 Å². The number of aromatic nitrogens is 2. The minimum atomic E-state index is 0.501.